The largest absolute Gasteiger partial charge is 0.381 e. The van der Waals surface area contributed by atoms with Crippen LogP contribution in [0.15, 0.2) is 60.7 Å². The van der Waals surface area contributed by atoms with E-state index >= 15 is 0 Å². The minimum Gasteiger partial charge on any atom is -0.381 e. The Bertz CT molecular complexity index is 486. The highest BCUT2D eigenvalue weighted by Gasteiger charge is 1.93. The summed E-state index contributed by atoms with van der Waals surface area (Å²) in [5, 5.41) is 3.40. The maximum Gasteiger partial charge on any atom is 0.0400 e. The van der Waals surface area contributed by atoms with E-state index in [1.54, 1.807) is 0 Å². The van der Waals surface area contributed by atoms with Crippen LogP contribution in [-0.2, 0) is 6.54 Å². The number of anilines is 1. The number of benzene rings is 2. The van der Waals surface area contributed by atoms with Gasteiger partial charge in [0.15, 0.2) is 0 Å². The maximum atomic E-state index is 5.42. The van der Waals surface area contributed by atoms with Crippen molar-refractivity contribution in [3.63, 3.8) is 0 Å². The van der Waals surface area contributed by atoms with E-state index in [0.29, 0.717) is 6.54 Å². The van der Waals surface area contributed by atoms with Gasteiger partial charge in [-0.05, 0) is 23.3 Å². The van der Waals surface area contributed by atoms with Gasteiger partial charge < -0.3 is 11.1 Å². The Morgan fingerprint density at radius 2 is 1.67 bits per heavy atom. The standard InChI is InChI=1S/C16H18N2/c17-12-4-7-14-8-10-16(11-9-14)18-13-15-5-2-1-3-6-15/h1-11,18H,12-13,17H2. The third-order valence-corrected chi connectivity index (χ3v) is 2.70. The van der Waals surface area contributed by atoms with E-state index in [1.807, 2.05) is 18.2 Å². The molecule has 2 aromatic carbocycles. The van der Waals surface area contributed by atoms with Crippen LogP contribution in [0.25, 0.3) is 6.08 Å². The summed E-state index contributed by atoms with van der Waals surface area (Å²) in [7, 11) is 0. The first-order chi connectivity index (χ1) is 8.88. The third kappa shape index (κ3) is 3.75. The predicted molar refractivity (Wildman–Crippen MR) is 78.3 cm³/mol. The molecule has 2 heteroatoms. The second-order valence-electron chi connectivity index (χ2n) is 4.10. The Morgan fingerprint density at radius 1 is 0.944 bits per heavy atom. The molecule has 0 aromatic heterocycles. The molecular formula is C16H18N2. The summed E-state index contributed by atoms with van der Waals surface area (Å²) in [6.45, 7) is 1.42. The van der Waals surface area contributed by atoms with Crippen LogP contribution in [-0.4, -0.2) is 6.54 Å². The molecule has 0 aliphatic heterocycles. The molecule has 0 atom stereocenters. The molecule has 0 unspecified atom stereocenters. The highest BCUT2D eigenvalue weighted by atomic mass is 14.9. The second kappa shape index (κ2) is 6.62. The first-order valence-corrected chi connectivity index (χ1v) is 6.13. The summed E-state index contributed by atoms with van der Waals surface area (Å²) >= 11 is 0. The van der Waals surface area contributed by atoms with Gasteiger partial charge in [-0.1, -0.05) is 54.6 Å². The first kappa shape index (κ1) is 12.4. The van der Waals surface area contributed by atoms with E-state index in [2.05, 4.69) is 53.8 Å². The summed E-state index contributed by atoms with van der Waals surface area (Å²) in [6.07, 6.45) is 3.98. The van der Waals surface area contributed by atoms with Crippen LogP contribution in [0.3, 0.4) is 0 Å². The average Bonchev–Trinajstić information content (AvgIpc) is 2.45. The van der Waals surface area contributed by atoms with E-state index in [9.17, 15) is 0 Å². The fraction of sp³-hybridized carbons (Fsp3) is 0.125. The van der Waals surface area contributed by atoms with Crippen LogP contribution < -0.4 is 11.1 Å². The van der Waals surface area contributed by atoms with Gasteiger partial charge in [0.2, 0.25) is 0 Å². The molecule has 3 N–H and O–H groups in total. The molecule has 2 nitrogen and oxygen atoms in total. The van der Waals surface area contributed by atoms with Gasteiger partial charge in [0.1, 0.15) is 0 Å². The summed E-state index contributed by atoms with van der Waals surface area (Å²) in [6, 6.07) is 18.7. The van der Waals surface area contributed by atoms with Gasteiger partial charge in [0.25, 0.3) is 0 Å². The quantitative estimate of drug-likeness (QED) is 0.839. The van der Waals surface area contributed by atoms with Crippen molar-refractivity contribution in [2.24, 2.45) is 5.73 Å². The van der Waals surface area contributed by atoms with E-state index in [1.165, 1.54) is 11.1 Å². The minimum atomic E-state index is 0.577. The molecule has 2 rings (SSSR count). The van der Waals surface area contributed by atoms with Gasteiger partial charge in [0.05, 0.1) is 0 Å². The number of rotatable bonds is 5. The van der Waals surface area contributed by atoms with Gasteiger partial charge in [0, 0.05) is 18.8 Å². The Labute approximate surface area is 108 Å². The molecule has 0 bridgehead atoms. The van der Waals surface area contributed by atoms with Crippen LogP contribution in [0, 0.1) is 0 Å². The predicted octanol–water partition coefficient (Wildman–Crippen LogP) is 3.27. The molecule has 92 valence electrons. The Balaban J connectivity index is 1.92. The molecule has 2 aromatic rings. The molecule has 0 heterocycles. The van der Waals surface area contributed by atoms with Crippen LogP contribution in [0.4, 0.5) is 5.69 Å². The molecule has 0 aliphatic rings. The maximum absolute atomic E-state index is 5.42. The third-order valence-electron chi connectivity index (χ3n) is 2.70. The second-order valence-corrected chi connectivity index (χ2v) is 4.10. The van der Waals surface area contributed by atoms with E-state index in [4.69, 9.17) is 5.73 Å². The topological polar surface area (TPSA) is 38.0 Å². The molecule has 0 saturated heterocycles. The fourth-order valence-electron chi connectivity index (χ4n) is 1.72. The van der Waals surface area contributed by atoms with E-state index in [0.717, 1.165) is 12.2 Å². The number of hydrogen-bond acceptors (Lipinski definition) is 2. The van der Waals surface area contributed by atoms with Crippen LogP contribution in [0.2, 0.25) is 0 Å². The van der Waals surface area contributed by atoms with Crippen LogP contribution in [0.5, 0.6) is 0 Å². The molecule has 0 amide bonds. The van der Waals surface area contributed by atoms with E-state index in [-0.39, 0.29) is 0 Å². The summed E-state index contributed by atoms with van der Waals surface area (Å²) in [4.78, 5) is 0. The highest BCUT2D eigenvalue weighted by molar-refractivity contribution is 5.55. The molecular weight excluding hydrogens is 220 g/mol. The lowest BCUT2D eigenvalue weighted by atomic mass is 10.2. The van der Waals surface area contributed by atoms with Gasteiger partial charge >= 0.3 is 0 Å². The lowest BCUT2D eigenvalue weighted by molar-refractivity contribution is 1.15. The van der Waals surface area contributed by atoms with Crippen molar-refractivity contribution in [2.75, 3.05) is 11.9 Å². The van der Waals surface area contributed by atoms with E-state index < -0.39 is 0 Å². The van der Waals surface area contributed by atoms with Crippen molar-refractivity contribution >= 4 is 11.8 Å². The zero-order valence-corrected chi connectivity index (χ0v) is 10.3. The van der Waals surface area contributed by atoms with Crippen LogP contribution in [0.1, 0.15) is 11.1 Å². The summed E-state index contributed by atoms with van der Waals surface area (Å²) in [5.74, 6) is 0. The van der Waals surface area contributed by atoms with Crippen molar-refractivity contribution in [3.8, 4) is 0 Å². The van der Waals surface area contributed by atoms with Crippen molar-refractivity contribution in [3.05, 3.63) is 71.8 Å². The minimum absolute atomic E-state index is 0.577. The van der Waals surface area contributed by atoms with Gasteiger partial charge in [-0.15, -0.1) is 0 Å². The molecule has 0 radical (unpaired) electrons. The molecule has 18 heavy (non-hydrogen) atoms. The van der Waals surface area contributed by atoms with Crippen molar-refractivity contribution < 1.29 is 0 Å². The SMILES string of the molecule is NCC=Cc1ccc(NCc2ccccc2)cc1. The number of nitrogens with two attached hydrogens (primary N) is 1. The Morgan fingerprint density at radius 3 is 2.33 bits per heavy atom. The average molecular weight is 238 g/mol. The smallest absolute Gasteiger partial charge is 0.0400 e. The van der Waals surface area contributed by atoms with Gasteiger partial charge in [-0.25, -0.2) is 0 Å². The highest BCUT2D eigenvalue weighted by Crippen LogP contribution is 2.12. The summed E-state index contributed by atoms with van der Waals surface area (Å²) in [5.41, 5.74) is 9.00. The van der Waals surface area contributed by atoms with Crippen molar-refractivity contribution in [1.29, 1.82) is 0 Å². The lowest BCUT2D eigenvalue weighted by Gasteiger charge is -2.06. The van der Waals surface area contributed by atoms with Crippen molar-refractivity contribution in [2.45, 2.75) is 6.54 Å². The number of nitrogens with one attached hydrogen (secondary N) is 1. The first-order valence-electron chi connectivity index (χ1n) is 6.13. The van der Waals surface area contributed by atoms with Gasteiger partial charge in [-0.3, -0.25) is 0 Å². The molecule has 0 saturated carbocycles. The fourth-order valence-corrected chi connectivity index (χ4v) is 1.72. The molecule has 0 aliphatic carbocycles. The summed E-state index contributed by atoms with van der Waals surface area (Å²) < 4.78 is 0. The molecule has 0 spiro atoms. The Hall–Kier alpha value is -2.06. The van der Waals surface area contributed by atoms with Crippen LogP contribution >= 0.6 is 0 Å². The van der Waals surface area contributed by atoms with Gasteiger partial charge in [-0.2, -0.15) is 0 Å². The van der Waals surface area contributed by atoms with Crippen molar-refractivity contribution in [1.82, 2.24) is 0 Å². The monoisotopic (exact) mass is 238 g/mol. The number of hydrogen-bond donors (Lipinski definition) is 2. The Kier molecular flexibility index (Phi) is 4.56. The zero-order valence-electron chi connectivity index (χ0n) is 10.3. The normalized spacial score (nSPS) is 10.7. The lowest BCUT2D eigenvalue weighted by Crippen LogP contribution is -1.98. The molecule has 0 fully saturated rings. The zero-order chi connectivity index (χ0) is 12.6.